The molecule has 1 amide bonds. The predicted molar refractivity (Wildman–Crippen MR) is 111 cm³/mol. The molecule has 1 N–H and O–H groups in total. The van der Waals surface area contributed by atoms with Crippen LogP contribution in [0.25, 0.3) is 0 Å². The minimum Gasteiger partial charge on any atom is -0.484 e. The number of amides is 1. The fourth-order valence-corrected chi connectivity index (χ4v) is 4.58. The molecule has 2 aliphatic rings. The van der Waals surface area contributed by atoms with Gasteiger partial charge in [-0.2, -0.15) is 0 Å². The number of carbonyl (C=O) groups excluding carboxylic acids is 3. The molecule has 3 atom stereocenters. The van der Waals surface area contributed by atoms with Crippen molar-refractivity contribution in [2.45, 2.75) is 45.0 Å². The van der Waals surface area contributed by atoms with Gasteiger partial charge >= 0.3 is 12.1 Å². The number of thioether (sulfide) groups is 1. The number of nitro benzene ring substituents is 1. The first-order valence-electron chi connectivity index (χ1n) is 9.76. The monoisotopic (exact) mass is 480 g/mol. The Kier molecular flexibility index (Phi) is 6.91. The minimum absolute atomic E-state index is 0.112. The van der Waals surface area contributed by atoms with Gasteiger partial charge in [-0.1, -0.05) is 11.8 Å². The molecule has 176 valence electrons. The summed E-state index contributed by atoms with van der Waals surface area (Å²) in [5.74, 6) is -3.47. The number of carboxylic acids is 1. The van der Waals surface area contributed by atoms with E-state index in [4.69, 9.17) is 14.2 Å². The van der Waals surface area contributed by atoms with Gasteiger partial charge in [-0.25, -0.2) is 9.59 Å². The Morgan fingerprint density at radius 1 is 1.21 bits per heavy atom. The Balaban J connectivity index is 1.63. The Hall–Kier alpha value is -3.61. The number of hydrogen-bond acceptors (Lipinski definition) is 10. The number of fused-ring (bicyclic) bond motifs is 1. The number of nitrogens with zero attached hydrogens (tertiary/aromatic N) is 2. The van der Waals surface area contributed by atoms with Crippen LogP contribution in [0.4, 0.5) is 10.5 Å². The quantitative estimate of drug-likeness (QED) is 0.251. The first kappa shape index (κ1) is 24.0. The largest absolute Gasteiger partial charge is 0.508 e. The Morgan fingerprint density at radius 2 is 1.85 bits per heavy atom. The zero-order valence-electron chi connectivity index (χ0n) is 17.8. The van der Waals surface area contributed by atoms with Crippen molar-refractivity contribution in [3.05, 3.63) is 51.4 Å². The summed E-state index contributed by atoms with van der Waals surface area (Å²) >= 11 is 0.721. The van der Waals surface area contributed by atoms with Gasteiger partial charge in [-0.05, 0) is 38.5 Å². The molecule has 12 nitrogen and oxygen atoms in total. The molecule has 0 saturated carbocycles. The third-order valence-corrected chi connectivity index (χ3v) is 5.95. The number of rotatable bonds is 8. The number of benzene rings is 1. The molecule has 2 heterocycles. The molecule has 3 rings (SSSR count). The van der Waals surface area contributed by atoms with Gasteiger partial charge in [-0.3, -0.25) is 24.6 Å². The van der Waals surface area contributed by atoms with Crippen LogP contribution in [-0.4, -0.2) is 55.7 Å². The van der Waals surface area contributed by atoms with Gasteiger partial charge in [-0.15, -0.1) is 0 Å². The fraction of sp³-hybridized carbons (Fsp3) is 0.400. The van der Waals surface area contributed by atoms with Crippen molar-refractivity contribution in [3.63, 3.8) is 0 Å². The minimum atomic E-state index is -1.48. The summed E-state index contributed by atoms with van der Waals surface area (Å²) in [6.07, 6.45) is -2.57. The van der Waals surface area contributed by atoms with E-state index < -0.39 is 63.0 Å². The van der Waals surface area contributed by atoms with Gasteiger partial charge in [0.25, 0.3) is 10.8 Å². The summed E-state index contributed by atoms with van der Waals surface area (Å²) in [6, 6.07) is 5.36. The number of non-ortho nitro benzene ring substituents is 1. The normalized spacial score (nSPS) is 20.7. The maximum Gasteiger partial charge on any atom is 0.508 e. The third-order valence-electron chi connectivity index (χ3n) is 4.80. The van der Waals surface area contributed by atoms with Crippen molar-refractivity contribution in [2.75, 3.05) is 0 Å². The van der Waals surface area contributed by atoms with Crippen molar-refractivity contribution in [2.24, 2.45) is 5.92 Å². The Morgan fingerprint density at radius 3 is 2.39 bits per heavy atom. The summed E-state index contributed by atoms with van der Waals surface area (Å²) in [6.45, 7) is 4.46. The highest BCUT2D eigenvalue weighted by Crippen LogP contribution is 2.46. The zero-order valence-corrected chi connectivity index (χ0v) is 18.6. The van der Waals surface area contributed by atoms with Crippen molar-refractivity contribution in [1.29, 1.82) is 0 Å². The summed E-state index contributed by atoms with van der Waals surface area (Å²) in [5, 5.41) is 18.7. The molecule has 0 spiro atoms. The van der Waals surface area contributed by atoms with Gasteiger partial charge in [0.1, 0.15) is 24.0 Å². The molecule has 0 bridgehead atoms. The Labute approximate surface area is 191 Å². The maximum atomic E-state index is 12.7. The van der Waals surface area contributed by atoms with E-state index in [1.807, 2.05) is 0 Å². The van der Waals surface area contributed by atoms with Crippen molar-refractivity contribution >= 4 is 40.6 Å². The molecule has 1 aromatic carbocycles. The molecule has 1 saturated heterocycles. The highest BCUT2D eigenvalue weighted by molar-refractivity contribution is 8.14. The van der Waals surface area contributed by atoms with Gasteiger partial charge < -0.3 is 19.3 Å². The van der Waals surface area contributed by atoms with E-state index in [1.165, 1.54) is 31.2 Å². The summed E-state index contributed by atoms with van der Waals surface area (Å²) in [4.78, 5) is 60.0. The number of β-lactam (4-membered cyclic amide) rings is 1. The van der Waals surface area contributed by atoms with E-state index in [-0.39, 0.29) is 12.3 Å². The lowest BCUT2D eigenvalue weighted by Gasteiger charge is -2.49. The van der Waals surface area contributed by atoms with E-state index in [0.717, 1.165) is 16.7 Å². The van der Waals surface area contributed by atoms with Crippen LogP contribution in [0.2, 0.25) is 0 Å². The SMILES string of the molecule is CC(C)OC1=C(C(=O)O)N2C(=O)[C@H]([C@@H](C)OC(=O)OCc3ccc([N+](=O)[O-])cc3)[C@@H]2SC1=O. The molecule has 2 aliphatic heterocycles. The van der Waals surface area contributed by atoms with Crippen molar-refractivity contribution < 1.29 is 43.4 Å². The second-order valence-electron chi connectivity index (χ2n) is 7.46. The number of carbonyl (C=O) groups is 4. The van der Waals surface area contributed by atoms with Crippen LogP contribution in [0.5, 0.6) is 0 Å². The van der Waals surface area contributed by atoms with Crippen LogP contribution in [0.15, 0.2) is 35.7 Å². The second-order valence-corrected chi connectivity index (χ2v) is 8.55. The van der Waals surface area contributed by atoms with Crippen LogP contribution in [0, 0.1) is 16.0 Å². The van der Waals surface area contributed by atoms with E-state index >= 15 is 0 Å². The molecular formula is C20H20N2O10S. The van der Waals surface area contributed by atoms with Gasteiger partial charge in [0, 0.05) is 12.1 Å². The van der Waals surface area contributed by atoms with Crippen molar-refractivity contribution in [3.8, 4) is 0 Å². The highest BCUT2D eigenvalue weighted by atomic mass is 32.2. The van der Waals surface area contributed by atoms with Crippen LogP contribution in [-0.2, 0) is 35.2 Å². The topological polar surface area (TPSA) is 163 Å². The molecular weight excluding hydrogens is 460 g/mol. The van der Waals surface area contributed by atoms with Gasteiger partial charge in [0.2, 0.25) is 11.7 Å². The molecule has 1 fully saturated rings. The lowest BCUT2D eigenvalue weighted by atomic mass is 9.91. The lowest BCUT2D eigenvalue weighted by molar-refractivity contribution is -0.384. The molecule has 0 aromatic heterocycles. The van der Waals surface area contributed by atoms with Crippen LogP contribution in [0.1, 0.15) is 26.3 Å². The number of hydrogen-bond donors (Lipinski definition) is 1. The zero-order chi connectivity index (χ0) is 24.4. The molecule has 33 heavy (non-hydrogen) atoms. The summed E-state index contributed by atoms with van der Waals surface area (Å²) in [7, 11) is 0. The second kappa shape index (κ2) is 9.48. The number of nitro groups is 1. The first-order chi connectivity index (χ1) is 15.5. The first-order valence-corrected chi connectivity index (χ1v) is 10.6. The van der Waals surface area contributed by atoms with Crippen LogP contribution >= 0.6 is 11.8 Å². The van der Waals surface area contributed by atoms with E-state index in [2.05, 4.69) is 0 Å². The third kappa shape index (κ3) is 4.92. The summed E-state index contributed by atoms with van der Waals surface area (Å²) < 4.78 is 15.4. The smallest absolute Gasteiger partial charge is 0.484 e. The predicted octanol–water partition coefficient (Wildman–Crippen LogP) is 2.42. The molecule has 13 heteroatoms. The molecule has 1 aromatic rings. The lowest BCUT2D eigenvalue weighted by Crippen LogP contribution is -2.65. The van der Waals surface area contributed by atoms with Crippen molar-refractivity contribution in [1.82, 2.24) is 4.90 Å². The van der Waals surface area contributed by atoms with Crippen LogP contribution in [0.3, 0.4) is 0 Å². The van der Waals surface area contributed by atoms with E-state index in [9.17, 15) is 34.4 Å². The average molecular weight is 480 g/mol. The molecule has 0 radical (unpaired) electrons. The molecule has 0 aliphatic carbocycles. The van der Waals surface area contributed by atoms with E-state index in [1.54, 1.807) is 13.8 Å². The fourth-order valence-electron chi connectivity index (χ4n) is 3.31. The van der Waals surface area contributed by atoms with Gasteiger partial charge in [0.15, 0.2) is 5.70 Å². The van der Waals surface area contributed by atoms with Gasteiger partial charge in [0.05, 0.1) is 11.0 Å². The number of carboxylic acid groups (broad SMARTS) is 1. The Bertz CT molecular complexity index is 1040. The van der Waals surface area contributed by atoms with E-state index in [0.29, 0.717) is 5.56 Å². The highest BCUT2D eigenvalue weighted by Gasteiger charge is 2.59. The number of ether oxygens (including phenoxy) is 3. The summed E-state index contributed by atoms with van der Waals surface area (Å²) in [5.41, 5.74) is -0.163. The maximum absolute atomic E-state index is 12.7. The van der Waals surface area contributed by atoms with Crippen LogP contribution < -0.4 is 0 Å². The number of aliphatic carboxylic acids is 1. The standard InChI is InChI=1S/C20H20N2O10S/c1-9(2)31-15-14(18(24)25)21-16(23)13(17(21)33-19(15)26)10(3)32-20(27)30-8-11-4-6-12(7-5-11)22(28)29/h4-7,9-10,13,17H,8H2,1-3H3,(H,24,25)/t10-,13+,17+/m1/s1. The molecule has 0 unspecified atom stereocenters. The average Bonchev–Trinajstić information content (AvgIpc) is 2.73.